The van der Waals surface area contributed by atoms with Crippen LogP contribution in [0.3, 0.4) is 0 Å². The molecule has 1 N–H and O–H groups in total. The maximum Gasteiger partial charge on any atom is 0.270 e. The molecule has 2 aromatic heterocycles. The van der Waals surface area contributed by atoms with E-state index in [1.54, 1.807) is 6.20 Å². The molecule has 0 radical (unpaired) electrons. The average Bonchev–Trinajstić information content (AvgIpc) is 3.22. The summed E-state index contributed by atoms with van der Waals surface area (Å²) >= 11 is 0. The molecule has 1 amide bonds. The van der Waals surface area contributed by atoms with Gasteiger partial charge >= 0.3 is 0 Å². The molecule has 2 aromatic rings. The molecule has 2 fully saturated rings. The molecule has 6 heteroatoms. The highest BCUT2D eigenvalue weighted by Crippen LogP contribution is 2.36. The van der Waals surface area contributed by atoms with Gasteiger partial charge in [-0.1, -0.05) is 6.07 Å². The third kappa shape index (κ3) is 3.26. The molecular weight excluding hydrogens is 316 g/mol. The first-order valence-corrected chi connectivity index (χ1v) is 8.87. The lowest BCUT2D eigenvalue weighted by atomic mass is 9.88. The number of hydrogen-bond donors (Lipinski definition) is 1. The topological polar surface area (TPSA) is 59.4 Å². The summed E-state index contributed by atoms with van der Waals surface area (Å²) in [6.07, 6.45) is 6.58. The fraction of sp³-hybridized carbons (Fsp3) is 0.474. The van der Waals surface area contributed by atoms with Crippen LogP contribution in [0.4, 0.5) is 5.82 Å². The Kier molecular flexibility index (Phi) is 4.21. The van der Waals surface area contributed by atoms with Crippen molar-refractivity contribution in [1.82, 2.24) is 14.5 Å². The van der Waals surface area contributed by atoms with Crippen molar-refractivity contribution in [3.05, 3.63) is 48.4 Å². The van der Waals surface area contributed by atoms with Gasteiger partial charge in [0.15, 0.2) is 0 Å². The quantitative estimate of drug-likeness (QED) is 0.931. The van der Waals surface area contributed by atoms with Crippen molar-refractivity contribution in [3.63, 3.8) is 0 Å². The molecule has 2 aliphatic heterocycles. The van der Waals surface area contributed by atoms with Crippen LogP contribution in [0.5, 0.6) is 0 Å². The minimum atomic E-state index is -0.231. The zero-order valence-electron chi connectivity index (χ0n) is 14.5. The van der Waals surface area contributed by atoms with Gasteiger partial charge in [-0.3, -0.25) is 4.79 Å². The van der Waals surface area contributed by atoms with Gasteiger partial charge in [0, 0.05) is 32.4 Å². The smallest absolute Gasteiger partial charge is 0.270 e. The predicted molar refractivity (Wildman–Crippen MR) is 95.5 cm³/mol. The van der Waals surface area contributed by atoms with E-state index in [-0.39, 0.29) is 17.6 Å². The summed E-state index contributed by atoms with van der Waals surface area (Å²) < 4.78 is 8.08. The summed E-state index contributed by atoms with van der Waals surface area (Å²) in [5.41, 5.74) is 0.504. The summed E-state index contributed by atoms with van der Waals surface area (Å²) in [6.45, 7) is 2.12. The van der Waals surface area contributed by atoms with Crippen LogP contribution in [0.2, 0.25) is 0 Å². The van der Waals surface area contributed by atoms with Crippen LogP contribution in [-0.2, 0) is 11.8 Å². The van der Waals surface area contributed by atoms with Gasteiger partial charge in [-0.05, 0) is 37.1 Å². The molecule has 132 valence electrons. The number of hydrogen-bond acceptors (Lipinski definition) is 4. The Hall–Kier alpha value is -2.34. The molecule has 0 aromatic carbocycles. The van der Waals surface area contributed by atoms with Gasteiger partial charge in [-0.15, -0.1) is 0 Å². The van der Waals surface area contributed by atoms with E-state index in [1.165, 1.54) is 0 Å². The molecule has 4 rings (SSSR count). The summed E-state index contributed by atoms with van der Waals surface area (Å²) in [7, 11) is 1.91. The second-order valence-electron chi connectivity index (χ2n) is 7.09. The summed E-state index contributed by atoms with van der Waals surface area (Å²) in [4.78, 5) is 19.1. The summed E-state index contributed by atoms with van der Waals surface area (Å²) in [5, 5.41) is 3.45. The number of anilines is 1. The van der Waals surface area contributed by atoms with Crippen molar-refractivity contribution in [1.29, 1.82) is 0 Å². The Labute approximate surface area is 147 Å². The normalized spacial score (nSPS) is 26.1. The van der Waals surface area contributed by atoms with Crippen LogP contribution in [0.1, 0.15) is 29.8 Å². The number of pyridine rings is 1. The highest BCUT2D eigenvalue weighted by atomic mass is 16.5. The number of carbonyl (C=O) groups excluding carboxylic acids is 1. The number of carbonyl (C=O) groups is 1. The molecule has 0 unspecified atom stereocenters. The van der Waals surface area contributed by atoms with Crippen molar-refractivity contribution in [2.75, 3.05) is 25.0 Å². The fourth-order valence-electron chi connectivity index (χ4n) is 4.00. The van der Waals surface area contributed by atoms with Gasteiger partial charge in [-0.25, -0.2) is 4.98 Å². The zero-order valence-corrected chi connectivity index (χ0v) is 14.5. The van der Waals surface area contributed by atoms with Gasteiger partial charge in [-0.2, -0.15) is 0 Å². The molecule has 0 saturated carbocycles. The molecular formula is C19H24N4O2. The maximum absolute atomic E-state index is 12.8. The molecule has 1 spiro atoms. The largest absolute Gasteiger partial charge is 0.371 e. The molecule has 0 aliphatic carbocycles. The Morgan fingerprint density at radius 2 is 2.28 bits per heavy atom. The summed E-state index contributed by atoms with van der Waals surface area (Å²) in [5.74, 6) is 0.969. The molecule has 2 aliphatic rings. The van der Waals surface area contributed by atoms with E-state index in [4.69, 9.17) is 4.74 Å². The number of likely N-dealkylation sites (tertiary alicyclic amines) is 1. The lowest BCUT2D eigenvalue weighted by Crippen LogP contribution is -2.50. The highest BCUT2D eigenvalue weighted by Gasteiger charge is 2.44. The summed E-state index contributed by atoms with van der Waals surface area (Å²) in [6, 6.07) is 9.88. The number of piperidine rings is 1. The lowest BCUT2D eigenvalue weighted by molar-refractivity contribution is -0.0449. The Morgan fingerprint density at radius 1 is 1.36 bits per heavy atom. The van der Waals surface area contributed by atoms with Gasteiger partial charge < -0.3 is 19.5 Å². The number of nitrogens with zero attached hydrogens (tertiary/aromatic N) is 3. The molecule has 2 atom stereocenters. The number of aryl methyl sites for hydroxylation is 1. The maximum atomic E-state index is 12.8. The van der Waals surface area contributed by atoms with E-state index in [9.17, 15) is 4.79 Å². The van der Waals surface area contributed by atoms with E-state index in [0.717, 1.165) is 37.3 Å². The first-order valence-electron chi connectivity index (χ1n) is 8.87. The van der Waals surface area contributed by atoms with E-state index in [1.807, 2.05) is 53.0 Å². The van der Waals surface area contributed by atoms with Crippen LogP contribution in [0, 0.1) is 0 Å². The van der Waals surface area contributed by atoms with E-state index in [2.05, 4.69) is 10.3 Å². The predicted octanol–water partition coefficient (Wildman–Crippen LogP) is 2.30. The van der Waals surface area contributed by atoms with Gasteiger partial charge in [0.1, 0.15) is 11.5 Å². The second-order valence-corrected chi connectivity index (χ2v) is 7.09. The van der Waals surface area contributed by atoms with Crippen molar-refractivity contribution < 1.29 is 9.53 Å². The number of amides is 1. The molecule has 4 heterocycles. The molecule has 6 nitrogen and oxygen atoms in total. The first-order chi connectivity index (χ1) is 12.2. The molecule has 0 bridgehead atoms. The van der Waals surface area contributed by atoms with Gasteiger partial charge in [0.2, 0.25) is 0 Å². The Balaban J connectivity index is 1.42. The van der Waals surface area contributed by atoms with Gasteiger partial charge in [0.25, 0.3) is 5.91 Å². The minimum absolute atomic E-state index is 0.0938. The molecule has 2 saturated heterocycles. The SMILES string of the molecule is Cn1cccc1C(=O)N1CCC[C@@]2(C[C@H](Nc3ccccn3)CO2)C1. The van der Waals surface area contributed by atoms with Crippen LogP contribution in [0.15, 0.2) is 42.7 Å². The average molecular weight is 340 g/mol. The Morgan fingerprint density at radius 3 is 3.04 bits per heavy atom. The number of ether oxygens (including phenoxy) is 1. The minimum Gasteiger partial charge on any atom is -0.371 e. The first kappa shape index (κ1) is 16.1. The lowest BCUT2D eigenvalue weighted by Gasteiger charge is -2.39. The second kappa shape index (κ2) is 6.52. The standard InChI is InChI=1S/C19H24N4O2/c1-22-10-4-6-16(22)18(24)23-11-5-8-19(14-23)12-15(13-25-19)21-17-7-2-3-9-20-17/h2-4,6-7,9-10,15H,5,8,11-14H2,1H3,(H,20,21)/t15-,19+/m0/s1. The van der Waals surface area contributed by atoms with Gasteiger partial charge in [0.05, 0.1) is 24.8 Å². The third-order valence-corrected chi connectivity index (χ3v) is 5.22. The third-order valence-electron chi connectivity index (χ3n) is 5.22. The van der Waals surface area contributed by atoms with E-state index in [0.29, 0.717) is 13.2 Å². The number of rotatable bonds is 3. The number of aromatic nitrogens is 2. The van der Waals surface area contributed by atoms with Crippen molar-refractivity contribution in [2.24, 2.45) is 7.05 Å². The Bertz CT molecular complexity index is 745. The van der Waals surface area contributed by atoms with Crippen LogP contribution in [0.25, 0.3) is 0 Å². The number of nitrogens with one attached hydrogen (secondary N) is 1. The zero-order chi connectivity index (χ0) is 17.3. The van der Waals surface area contributed by atoms with Crippen molar-refractivity contribution in [2.45, 2.75) is 30.9 Å². The van der Waals surface area contributed by atoms with Crippen LogP contribution >= 0.6 is 0 Å². The van der Waals surface area contributed by atoms with Crippen molar-refractivity contribution in [3.8, 4) is 0 Å². The van der Waals surface area contributed by atoms with E-state index < -0.39 is 0 Å². The monoisotopic (exact) mass is 340 g/mol. The molecule has 25 heavy (non-hydrogen) atoms. The van der Waals surface area contributed by atoms with E-state index >= 15 is 0 Å². The fourth-order valence-corrected chi connectivity index (χ4v) is 4.00. The highest BCUT2D eigenvalue weighted by molar-refractivity contribution is 5.92. The van der Waals surface area contributed by atoms with Crippen molar-refractivity contribution >= 4 is 11.7 Å². The van der Waals surface area contributed by atoms with Crippen LogP contribution < -0.4 is 5.32 Å². The van der Waals surface area contributed by atoms with Crippen LogP contribution in [-0.4, -0.2) is 51.7 Å².